The van der Waals surface area contributed by atoms with Crippen LogP contribution in [0.15, 0.2) is 41.6 Å². The van der Waals surface area contributed by atoms with Gasteiger partial charge in [-0.1, -0.05) is 12.5 Å². The van der Waals surface area contributed by atoms with Gasteiger partial charge in [-0.25, -0.2) is 14.3 Å². The lowest BCUT2D eigenvalue weighted by Crippen LogP contribution is -2.45. The van der Waals surface area contributed by atoms with Crippen LogP contribution < -0.4 is 10.4 Å². The number of rotatable bonds is 4. The van der Waals surface area contributed by atoms with E-state index in [0.29, 0.717) is 11.4 Å². The molecule has 0 atom stereocenters. The van der Waals surface area contributed by atoms with Gasteiger partial charge in [0.05, 0.1) is 18.1 Å². The van der Waals surface area contributed by atoms with Gasteiger partial charge in [0.25, 0.3) is 0 Å². The van der Waals surface area contributed by atoms with Crippen LogP contribution in [0.4, 0.5) is 0 Å². The van der Waals surface area contributed by atoms with E-state index in [0.717, 1.165) is 54.1 Å². The largest absolute Gasteiger partial charge is 0.493 e. The number of piperidine rings is 1. The van der Waals surface area contributed by atoms with Crippen molar-refractivity contribution in [1.29, 1.82) is 0 Å². The Morgan fingerprint density at radius 1 is 1.06 bits per heavy atom. The smallest absolute Gasteiger partial charge is 0.326 e. The number of hydrogen-bond donors (Lipinski definition) is 1. The summed E-state index contributed by atoms with van der Waals surface area (Å²) >= 11 is 0. The molecule has 0 radical (unpaired) electrons. The molecule has 1 N–H and O–H groups in total. The van der Waals surface area contributed by atoms with Gasteiger partial charge in [-0.15, -0.1) is 0 Å². The Morgan fingerprint density at radius 3 is 2.65 bits per heavy atom. The zero-order chi connectivity index (χ0) is 20.9. The molecule has 160 valence electrons. The highest BCUT2D eigenvalue weighted by molar-refractivity contribution is 5.83. The average Bonchev–Trinajstić information content (AvgIpc) is 3.35. The summed E-state index contributed by atoms with van der Waals surface area (Å²) in [5, 5.41) is 4.24. The number of likely N-dealkylation sites (tertiary alicyclic amines) is 1. The summed E-state index contributed by atoms with van der Waals surface area (Å²) in [5.74, 6) is 0.666. The van der Waals surface area contributed by atoms with E-state index in [1.54, 1.807) is 11.6 Å². The van der Waals surface area contributed by atoms with Crippen molar-refractivity contribution in [2.75, 3.05) is 20.2 Å². The van der Waals surface area contributed by atoms with Crippen molar-refractivity contribution >= 4 is 16.7 Å². The third-order valence-corrected chi connectivity index (χ3v) is 7.07. The van der Waals surface area contributed by atoms with E-state index in [1.807, 2.05) is 22.9 Å². The second kappa shape index (κ2) is 7.23. The molecule has 0 unspecified atom stereocenters. The molecule has 6 rings (SSSR count). The average molecular weight is 419 g/mol. The Kier molecular flexibility index (Phi) is 4.34. The van der Waals surface area contributed by atoms with E-state index in [-0.39, 0.29) is 11.7 Å². The number of pyridine rings is 1. The maximum Gasteiger partial charge on any atom is 0.326 e. The predicted molar refractivity (Wildman–Crippen MR) is 119 cm³/mol. The molecule has 3 aromatic heterocycles. The first kappa shape index (κ1) is 18.6. The third kappa shape index (κ3) is 3.05. The van der Waals surface area contributed by atoms with Crippen LogP contribution >= 0.6 is 0 Å². The first-order chi connectivity index (χ1) is 15.2. The lowest BCUT2D eigenvalue weighted by atomic mass is 9.89. The van der Waals surface area contributed by atoms with Crippen molar-refractivity contribution in [2.45, 2.75) is 44.2 Å². The highest BCUT2D eigenvalue weighted by Crippen LogP contribution is 2.33. The van der Waals surface area contributed by atoms with E-state index >= 15 is 0 Å². The van der Waals surface area contributed by atoms with Gasteiger partial charge in [-0.05, 0) is 49.4 Å². The number of nitrogens with zero attached hydrogens (tertiary/aromatic N) is 5. The topological polar surface area (TPSA) is 80.5 Å². The van der Waals surface area contributed by atoms with E-state index < -0.39 is 0 Å². The summed E-state index contributed by atoms with van der Waals surface area (Å²) in [7, 11) is 1.63. The van der Waals surface area contributed by atoms with Crippen LogP contribution in [0.2, 0.25) is 0 Å². The second-order valence-corrected chi connectivity index (χ2v) is 8.71. The molecule has 0 spiro atoms. The minimum absolute atomic E-state index is 0.0152. The molecule has 0 bridgehead atoms. The number of imidazole rings is 1. The van der Waals surface area contributed by atoms with E-state index in [2.05, 4.69) is 32.1 Å². The molecular formula is C23H26N6O2. The van der Waals surface area contributed by atoms with Gasteiger partial charge in [-0.3, -0.25) is 4.57 Å². The lowest BCUT2D eigenvalue weighted by molar-refractivity contribution is 0.0868. The van der Waals surface area contributed by atoms with Gasteiger partial charge < -0.3 is 14.6 Å². The van der Waals surface area contributed by atoms with Crippen LogP contribution in [0.5, 0.6) is 5.75 Å². The van der Waals surface area contributed by atoms with Crippen LogP contribution in [0, 0.1) is 0 Å². The minimum Gasteiger partial charge on any atom is -0.493 e. The van der Waals surface area contributed by atoms with Crippen LogP contribution in [-0.2, 0) is 0 Å². The number of hydrogen-bond acceptors (Lipinski definition) is 5. The summed E-state index contributed by atoms with van der Waals surface area (Å²) in [6.07, 6.45) is 9.55. The first-order valence-corrected chi connectivity index (χ1v) is 11.1. The van der Waals surface area contributed by atoms with Crippen molar-refractivity contribution in [1.82, 2.24) is 29.0 Å². The van der Waals surface area contributed by atoms with Crippen molar-refractivity contribution in [3.05, 3.63) is 47.3 Å². The SMILES string of the molecule is COc1cc(-c2ccc3c(c2)[nH]c(=O)n3C2CCN(C3CCC3)CC2)cn2ncnc12. The summed E-state index contributed by atoms with van der Waals surface area (Å²) in [5.41, 5.74) is 4.46. The Hall–Kier alpha value is -3.13. The molecule has 1 saturated heterocycles. The van der Waals surface area contributed by atoms with Crippen LogP contribution in [-0.4, -0.2) is 55.3 Å². The van der Waals surface area contributed by atoms with Crippen LogP contribution in [0.3, 0.4) is 0 Å². The summed E-state index contributed by atoms with van der Waals surface area (Å²) in [6.45, 7) is 2.18. The third-order valence-electron chi connectivity index (χ3n) is 7.07. The molecule has 1 aliphatic heterocycles. The molecular weight excluding hydrogens is 392 g/mol. The number of methoxy groups -OCH3 is 1. The normalized spacial score (nSPS) is 18.6. The van der Waals surface area contributed by atoms with Gasteiger partial charge in [-0.2, -0.15) is 5.10 Å². The fourth-order valence-electron chi connectivity index (χ4n) is 5.14. The van der Waals surface area contributed by atoms with Crippen molar-refractivity contribution in [3.8, 4) is 16.9 Å². The number of ether oxygens (including phenoxy) is 1. The number of nitrogens with one attached hydrogen (secondary N) is 1. The molecule has 8 heteroatoms. The van der Waals surface area contributed by atoms with E-state index in [9.17, 15) is 4.79 Å². The molecule has 1 saturated carbocycles. The molecule has 2 fully saturated rings. The number of benzene rings is 1. The van der Waals surface area contributed by atoms with E-state index in [4.69, 9.17) is 4.74 Å². The summed E-state index contributed by atoms with van der Waals surface area (Å²) in [4.78, 5) is 22.8. The highest BCUT2D eigenvalue weighted by atomic mass is 16.5. The maximum absolute atomic E-state index is 12.9. The highest BCUT2D eigenvalue weighted by Gasteiger charge is 2.30. The first-order valence-electron chi connectivity index (χ1n) is 11.1. The Bertz CT molecular complexity index is 1310. The Labute approximate surface area is 179 Å². The van der Waals surface area contributed by atoms with Crippen LogP contribution in [0.1, 0.15) is 38.1 Å². The van der Waals surface area contributed by atoms with Crippen LogP contribution in [0.25, 0.3) is 27.8 Å². The van der Waals surface area contributed by atoms with Crippen molar-refractivity contribution in [3.63, 3.8) is 0 Å². The molecule has 8 nitrogen and oxygen atoms in total. The fourth-order valence-corrected chi connectivity index (χ4v) is 5.14. The predicted octanol–water partition coefficient (Wildman–Crippen LogP) is 3.24. The van der Waals surface area contributed by atoms with Crippen molar-refractivity contribution in [2.24, 2.45) is 0 Å². The molecule has 1 aliphatic carbocycles. The quantitative estimate of drug-likeness (QED) is 0.550. The molecule has 1 aromatic carbocycles. The number of fused-ring (bicyclic) bond motifs is 2. The van der Waals surface area contributed by atoms with Gasteiger partial charge in [0.2, 0.25) is 0 Å². The molecule has 31 heavy (non-hydrogen) atoms. The maximum atomic E-state index is 12.9. The Morgan fingerprint density at radius 2 is 1.90 bits per heavy atom. The molecule has 4 heterocycles. The minimum atomic E-state index is -0.0152. The Balaban J connectivity index is 1.33. The van der Waals surface area contributed by atoms with Gasteiger partial charge in [0.15, 0.2) is 11.4 Å². The number of H-pyrrole nitrogens is 1. The van der Waals surface area contributed by atoms with Gasteiger partial charge >= 0.3 is 5.69 Å². The number of aromatic nitrogens is 5. The summed E-state index contributed by atoms with van der Waals surface area (Å²) < 4.78 is 9.17. The lowest BCUT2D eigenvalue weighted by Gasteiger charge is -2.41. The van der Waals surface area contributed by atoms with Gasteiger partial charge in [0, 0.05) is 36.9 Å². The van der Waals surface area contributed by atoms with Crippen molar-refractivity contribution < 1.29 is 4.74 Å². The van der Waals surface area contributed by atoms with E-state index in [1.165, 1.54) is 25.6 Å². The molecule has 0 amide bonds. The molecule has 4 aromatic rings. The standard InChI is InChI=1S/C23H26N6O2/c1-31-21-12-16(13-28-22(21)24-14-25-28)15-5-6-20-19(11-15)26-23(30)29(20)18-7-9-27(10-8-18)17-3-2-4-17/h5-6,11-14,17-18H,2-4,7-10H2,1H3,(H,26,30). The number of aromatic amines is 1. The summed E-state index contributed by atoms with van der Waals surface area (Å²) in [6, 6.07) is 9.15. The van der Waals surface area contributed by atoms with Gasteiger partial charge in [0.1, 0.15) is 6.33 Å². The zero-order valence-corrected chi connectivity index (χ0v) is 17.6. The zero-order valence-electron chi connectivity index (χ0n) is 17.6. The monoisotopic (exact) mass is 418 g/mol. The molecule has 2 aliphatic rings. The fraction of sp³-hybridized carbons (Fsp3) is 0.435. The second-order valence-electron chi connectivity index (χ2n) is 8.71.